The van der Waals surface area contributed by atoms with Gasteiger partial charge in [0, 0.05) is 62.5 Å². The van der Waals surface area contributed by atoms with Crippen LogP contribution in [0.4, 0.5) is 17.6 Å². The molecule has 1 fully saturated rings. The van der Waals surface area contributed by atoms with Gasteiger partial charge in [-0.25, -0.2) is 14.2 Å². The van der Waals surface area contributed by atoms with E-state index in [0.29, 0.717) is 42.7 Å². The molecule has 5 rings (SSSR count). The van der Waals surface area contributed by atoms with Gasteiger partial charge in [-0.15, -0.1) is 0 Å². The summed E-state index contributed by atoms with van der Waals surface area (Å²) in [6, 6.07) is 4.63. The molecule has 1 amide bonds. The third kappa shape index (κ3) is 5.79. The van der Waals surface area contributed by atoms with Gasteiger partial charge in [-0.2, -0.15) is 23.3 Å². The van der Waals surface area contributed by atoms with Crippen molar-refractivity contribution >= 4 is 22.8 Å². The molecule has 1 saturated heterocycles. The zero-order valence-electron chi connectivity index (χ0n) is 19.9. The normalized spacial score (nSPS) is 19.9. The Morgan fingerprint density at radius 3 is 2.70 bits per heavy atom. The number of carboxylic acid groups (broad SMARTS) is 1. The van der Waals surface area contributed by atoms with Gasteiger partial charge in [-0.3, -0.25) is 9.48 Å². The molecule has 198 valence electrons. The summed E-state index contributed by atoms with van der Waals surface area (Å²) >= 11 is 0. The molecular formula is C23H24F4N6O4. The molecule has 3 aromatic rings. The number of nitrogens with one attached hydrogen (secondary N) is 1. The van der Waals surface area contributed by atoms with Crippen LogP contribution in [0.1, 0.15) is 18.5 Å². The molecule has 4 bridgehead atoms. The summed E-state index contributed by atoms with van der Waals surface area (Å²) in [6.45, 7) is 1.17. The lowest BCUT2D eigenvalue weighted by molar-refractivity contribution is -0.192. The van der Waals surface area contributed by atoms with Crippen LogP contribution in [0.15, 0.2) is 24.4 Å². The highest BCUT2D eigenvalue weighted by Gasteiger charge is 2.38. The Bertz CT molecular complexity index is 1330. The number of halogens is 4. The minimum Gasteiger partial charge on any atom is -0.475 e. The molecule has 37 heavy (non-hydrogen) atoms. The van der Waals surface area contributed by atoms with Crippen molar-refractivity contribution in [1.82, 2.24) is 30.0 Å². The number of alkyl halides is 3. The van der Waals surface area contributed by atoms with E-state index in [1.54, 1.807) is 21.8 Å². The second-order valence-electron chi connectivity index (χ2n) is 8.74. The average Bonchev–Trinajstić information content (AvgIpc) is 3.41. The number of nitrogens with zero attached hydrogens (tertiary/aromatic N) is 5. The highest BCUT2D eigenvalue weighted by Crippen LogP contribution is 2.32. The molecule has 0 radical (unpaired) electrons. The summed E-state index contributed by atoms with van der Waals surface area (Å²) in [4.78, 5) is 32.2. The molecule has 2 aromatic heterocycles. The van der Waals surface area contributed by atoms with Crippen molar-refractivity contribution < 1.29 is 37.0 Å². The molecule has 2 N–H and O–H groups in total. The first-order chi connectivity index (χ1) is 17.4. The monoisotopic (exact) mass is 524 g/mol. The van der Waals surface area contributed by atoms with Gasteiger partial charge >= 0.3 is 18.2 Å². The standard InChI is InChI=1S/C21H23FN6O2.C2HF3O2/c1-27-7-3-4-18-19-14(8-12(22)9-16(19)26-28(18)2)15-5-6-23-21(25-15)30-13-10-17(20(27)29)24-11-13;3-2(4,5)1(6)7/h5-6,8-9,13,17,24H,3-4,7,10-11H2,1-2H3;(H,6,7). The lowest BCUT2D eigenvalue weighted by Gasteiger charge is -2.21. The van der Waals surface area contributed by atoms with Crippen molar-refractivity contribution in [3.05, 3.63) is 35.9 Å². The highest BCUT2D eigenvalue weighted by molar-refractivity contribution is 5.96. The molecule has 10 nitrogen and oxygen atoms in total. The van der Waals surface area contributed by atoms with Crippen molar-refractivity contribution in [3.8, 4) is 17.3 Å². The number of amides is 1. The number of aryl methyl sites for hydroxylation is 2. The zero-order chi connectivity index (χ0) is 26.9. The number of aromatic nitrogens is 4. The Kier molecular flexibility index (Phi) is 7.30. The van der Waals surface area contributed by atoms with Gasteiger partial charge in [-0.1, -0.05) is 0 Å². The van der Waals surface area contributed by atoms with Crippen LogP contribution >= 0.6 is 0 Å². The molecule has 2 aliphatic rings. The van der Waals surface area contributed by atoms with E-state index < -0.39 is 12.1 Å². The number of likely N-dealkylation sites (N-methyl/N-ethyl adjacent to an activating group) is 1. The molecule has 2 atom stereocenters. The van der Waals surface area contributed by atoms with Crippen molar-refractivity contribution in [2.24, 2.45) is 7.05 Å². The Morgan fingerprint density at radius 2 is 2.00 bits per heavy atom. The van der Waals surface area contributed by atoms with E-state index in [1.165, 1.54) is 12.1 Å². The van der Waals surface area contributed by atoms with E-state index in [0.717, 1.165) is 17.5 Å². The number of carboxylic acids is 1. The number of benzene rings is 1. The Labute approximate surface area is 208 Å². The maximum Gasteiger partial charge on any atom is 0.490 e. The number of ether oxygens (including phenoxy) is 1. The molecule has 0 saturated carbocycles. The fourth-order valence-corrected chi connectivity index (χ4v) is 4.38. The highest BCUT2D eigenvalue weighted by atomic mass is 19.4. The number of aliphatic carboxylic acids is 1. The van der Waals surface area contributed by atoms with E-state index >= 15 is 0 Å². The largest absolute Gasteiger partial charge is 0.490 e. The van der Waals surface area contributed by atoms with Gasteiger partial charge in [-0.05, 0) is 25.0 Å². The summed E-state index contributed by atoms with van der Waals surface area (Å²) in [5.41, 5.74) is 2.82. The maximum absolute atomic E-state index is 14.4. The molecule has 2 aliphatic heterocycles. The predicted molar refractivity (Wildman–Crippen MR) is 122 cm³/mol. The molecular weight excluding hydrogens is 500 g/mol. The second-order valence-corrected chi connectivity index (χ2v) is 8.74. The lowest BCUT2D eigenvalue weighted by atomic mass is 10.0. The third-order valence-corrected chi connectivity index (χ3v) is 6.12. The minimum absolute atomic E-state index is 0.0586. The van der Waals surface area contributed by atoms with E-state index in [2.05, 4.69) is 20.4 Å². The first-order valence-corrected chi connectivity index (χ1v) is 11.4. The van der Waals surface area contributed by atoms with Gasteiger partial charge in [0.1, 0.15) is 11.9 Å². The molecule has 1 aromatic carbocycles. The molecule has 4 heterocycles. The van der Waals surface area contributed by atoms with Crippen molar-refractivity contribution in [2.45, 2.75) is 37.6 Å². The SMILES string of the molecule is CN1CCCc2c3c(cc(F)cc3nn2C)-c2ccnc(n2)OC2CNC(C2)C1=O.O=C(O)C(F)(F)F. The van der Waals surface area contributed by atoms with Crippen molar-refractivity contribution in [2.75, 3.05) is 20.1 Å². The van der Waals surface area contributed by atoms with Crippen molar-refractivity contribution in [3.63, 3.8) is 0 Å². The number of rotatable bonds is 0. The molecule has 0 aliphatic carbocycles. The summed E-state index contributed by atoms with van der Waals surface area (Å²) in [5.74, 6) is -3.06. The smallest absolute Gasteiger partial charge is 0.475 e. The van der Waals surface area contributed by atoms with Gasteiger partial charge in [0.25, 0.3) is 0 Å². The number of carbonyl (C=O) groups is 2. The van der Waals surface area contributed by atoms with Gasteiger partial charge < -0.3 is 20.1 Å². The van der Waals surface area contributed by atoms with Crippen LogP contribution in [0.25, 0.3) is 22.2 Å². The number of carbonyl (C=O) groups excluding carboxylic acids is 1. The Hall–Kier alpha value is -3.81. The zero-order valence-corrected chi connectivity index (χ0v) is 19.9. The first kappa shape index (κ1) is 26.3. The van der Waals surface area contributed by atoms with Crippen LogP contribution in [0, 0.1) is 5.82 Å². The fraction of sp³-hybridized carbons (Fsp3) is 0.435. The quantitative estimate of drug-likeness (QED) is 0.430. The first-order valence-electron chi connectivity index (χ1n) is 11.4. The van der Waals surface area contributed by atoms with Crippen LogP contribution in [0.3, 0.4) is 0 Å². The summed E-state index contributed by atoms with van der Waals surface area (Å²) in [7, 11) is 3.68. The van der Waals surface area contributed by atoms with Gasteiger partial charge in [0.15, 0.2) is 0 Å². The van der Waals surface area contributed by atoms with E-state index in [-0.39, 0.29) is 29.9 Å². The van der Waals surface area contributed by atoms with Crippen LogP contribution in [0.5, 0.6) is 6.01 Å². The number of hydrogen-bond acceptors (Lipinski definition) is 7. The predicted octanol–water partition coefficient (Wildman–Crippen LogP) is 2.32. The number of hydrogen-bond donors (Lipinski definition) is 2. The summed E-state index contributed by atoms with van der Waals surface area (Å²) in [6.07, 6.45) is -1.63. The third-order valence-electron chi connectivity index (χ3n) is 6.12. The maximum atomic E-state index is 14.4. The Balaban J connectivity index is 0.000000405. The van der Waals surface area contributed by atoms with E-state index in [9.17, 15) is 22.4 Å². The van der Waals surface area contributed by atoms with Gasteiger partial charge in [0.05, 0.1) is 17.3 Å². The Morgan fingerprint density at radius 1 is 1.27 bits per heavy atom. The summed E-state index contributed by atoms with van der Waals surface area (Å²) < 4.78 is 53.9. The second kappa shape index (κ2) is 10.3. The van der Waals surface area contributed by atoms with Crippen LogP contribution in [-0.4, -0.2) is 80.1 Å². The number of fused-ring (bicyclic) bond motifs is 5. The van der Waals surface area contributed by atoms with E-state index in [4.69, 9.17) is 14.6 Å². The molecule has 2 unspecified atom stereocenters. The fourth-order valence-electron chi connectivity index (χ4n) is 4.38. The summed E-state index contributed by atoms with van der Waals surface area (Å²) in [5, 5.41) is 15.7. The molecule has 14 heteroatoms. The lowest BCUT2D eigenvalue weighted by Crippen LogP contribution is -2.42. The average molecular weight is 524 g/mol. The topological polar surface area (TPSA) is 122 Å². The van der Waals surface area contributed by atoms with E-state index in [1.807, 2.05) is 14.1 Å². The minimum atomic E-state index is -5.08. The molecule has 0 spiro atoms. The van der Waals surface area contributed by atoms with Crippen molar-refractivity contribution in [1.29, 1.82) is 0 Å². The van der Waals surface area contributed by atoms with Crippen LogP contribution < -0.4 is 10.1 Å². The van der Waals surface area contributed by atoms with Gasteiger partial charge in [0.2, 0.25) is 5.91 Å². The van der Waals surface area contributed by atoms with Crippen LogP contribution in [0.2, 0.25) is 0 Å². The van der Waals surface area contributed by atoms with Crippen LogP contribution in [-0.2, 0) is 23.1 Å².